The minimum absolute atomic E-state index is 0.183. The van der Waals surface area contributed by atoms with Crippen LogP contribution < -0.4 is 5.32 Å². The number of aromatic nitrogens is 4. The number of nitrogens with zero attached hydrogens (tertiary/aromatic N) is 4. The third-order valence-electron chi connectivity index (χ3n) is 3.12. The van der Waals surface area contributed by atoms with Crippen LogP contribution in [-0.4, -0.2) is 25.8 Å². The van der Waals surface area contributed by atoms with Crippen molar-refractivity contribution in [3.8, 4) is 0 Å². The summed E-state index contributed by atoms with van der Waals surface area (Å²) < 4.78 is 6.65. The van der Waals surface area contributed by atoms with E-state index in [1.54, 1.807) is 20.2 Å². The van der Waals surface area contributed by atoms with Crippen LogP contribution in [0.3, 0.4) is 0 Å². The third-order valence-corrected chi connectivity index (χ3v) is 3.39. The van der Waals surface area contributed by atoms with Crippen molar-refractivity contribution >= 4 is 17.5 Å². The molecule has 1 saturated carbocycles. The first kappa shape index (κ1) is 13.1. The molecule has 0 spiro atoms. The molecule has 0 bridgehead atoms. The van der Waals surface area contributed by atoms with Crippen LogP contribution in [0.15, 0.2) is 10.7 Å². The molecule has 1 amide bonds. The van der Waals surface area contributed by atoms with Gasteiger partial charge in [0.25, 0.3) is 5.91 Å². The topological polar surface area (TPSA) is 85.8 Å². The number of amides is 1. The van der Waals surface area contributed by atoms with Gasteiger partial charge in [0.05, 0.1) is 5.02 Å². The summed E-state index contributed by atoms with van der Waals surface area (Å²) in [6.07, 6.45) is 3.77. The second-order valence-electron chi connectivity index (χ2n) is 4.96. The normalized spacial score (nSPS) is 16.1. The molecule has 1 N–H and O–H groups in total. The third kappa shape index (κ3) is 2.53. The number of carbonyl (C=O) groups excluding carboxylic acids is 1. The van der Waals surface area contributed by atoms with E-state index >= 15 is 0 Å². The predicted molar refractivity (Wildman–Crippen MR) is 70.4 cm³/mol. The Morgan fingerprint density at radius 3 is 2.95 bits per heavy atom. The van der Waals surface area contributed by atoms with Crippen molar-refractivity contribution in [1.29, 1.82) is 0 Å². The van der Waals surface area contributed by atoms with Crippen molar-refractivity contribution < 1.29 is 9.32 Å². The van der Waals surface area contributed by atoms with Crippen LogP contribution in [0.25, 0.3) is 0 Å². The average molecular weight is 296 g/mol. The van der Waals surface area contributed by atoms with Gasteiger partial charge in [-0.25, -0.2) is 0 Å². The second kappa shape index (κ2) is 4.90. The van der Waals surface area contributed by atoms with Crippen LogP contribution in [-0.2, 0) is 7.05 Å². The van der Waals surface area contributed by atoms with Gasteiger partial charge in [-0.3, -0.25) is 9.48 Å². The van der Waals surface area contributed by atoms with Crippen LogP contribution in [0, 0.1) is 0 Å². The van der Waals surface area contributed by atoms with E-state index in [4.69, 9.17) is 16.1 Å². The van der Waals surface area contributed by atoms with Crippen LogP contribution >= 0.6 is 11.6 Å². The monoisotopic (exact) mass is 295 g/mol. The zero-order valence-corrected chi connectivity index (χ0v) is 11.9. The number of aryl methyl sites for hydroxylation is 1. The highest BCUT2D eigenvalue weighted by Gasteiger charge is 2.30. The van der Waals surface area contributed by atoms with E-state index in [2.05, 4.69) is 20.6 Å². The van der Waals surface area contributed by atoms with E-state index in [1.807, 2.05) is 0 Å². The minimum Gasteiger partial charge on any atom is -0.339 e. The molecule has 1 fully saturated rings. The fraction of sp³-hybridized carbons (Fsp3) is 0.500. The summed E-state index contributed by atoms with van der Waals surface area (Å²) in [5, 5.41) is 11.0. The maximum atomic E-state index is 12.1. The molecule has 2 aromatic rings. The molecule has 2 aromatic heterocycles. The van der Waals surface area contributed by atoms with Gasteiger partial charge in [-0.05, 0) is 19.8 Å². The van der Waals surface area contributed by atoms with Gasteiger partial charge in [0.15, 0.2) is 11.5 Å². The van der Waals surface area contributed by atoms with Gasteiger partial charge in [0.2, 0.25) is 5.89 Å². The van der Waals surface area contributed by atoms with E-state index in [-0.39, 0.29) is 17.6 Å². The summed E-state index contributed by atoms with van der Waals surface area (Å²) in [5.41, 5.74) is 0.183. The van der Waals surface area contributed by atoms with Crippen LogP contribution in [0.5, 0.6) is 0 Å². The van der Waals surface area contributed by atoms with Crippen molar-refractivity contribution in [2.24, 2.45) is 7.05 Å². The molecule has 7 nitrogen and oxygen atoms in total. The van der Waals surface area contributed by atoms with Gasteiger partial charge in [0.1, 0.15) is 6.04 Å². The van der Waals surface area contributed by atoms with Crippen LogP contribution in [0.1, 0.15) is 53.9 Å². The lowest BCUT2D eigenvalue weighted by molar-refractivity contribution is 0.0927. The molecule has 106 valence electrons. The SMILES string of the molecule is C[C@H](NC(=O)c1nn(C)cc1Cl)c1nc(C2CC2)no1. The molecule has 0 radical (unpaired) electrons. The number of nitrogens with one attached hydrogen (secondary N) is 1. The maximum absolute atomic E-state index is 12.1. The van der Waals surface area contributed by atoms with Gasteiger partial charge < -0.3 is 9.84 Å². The Bertz CT molecular complexity index is 646. The first-order valence-electron chi connectivity index (χ1n) is 6.38. The van der Waals surface area contributed by atoms with Gasteiger partial charge in [-0.2, -0.15) is 10.1 Å². The smallest absolute Gasteiger partial charge is 0.273 e. The lowest BCUT2D eigenvalue weighted by atomic mass is 10.3. The van der Waals surface area contributed by atoms with Gasteiger partial charge in [0, 0.05) is 19.2 Å². The number of rotatable bonds is 4. The van der Waals surface area contributed by atoms with E-state index in [0.29, 0.717) is 16.8 Å². The second-order valence-corrected chi connectivity index (χ2v) is 5.37. The molecule has 2 heterocycles. The first-order chi connectivity index (χ1) is 9.54. The molecule has 1 aliphatic rings. The number of halogens is 1. The number of hydrogen-bond acceptors (Lipinski definition) is 5. The lowest BCUT2D eigenvalue weighted by Gasteiger charge is -2.08. The zero-order chi connectivity index (χ0) is 14.3. The van der Waals surface area contributed by atoms with Crippen LogP contribution in [0.4, 0.5) is 0 Å². The highest BCUT2D eigenvalue weighted by Crippen LogP contribution is 2.38. The fourth-order valence-electron chi connectivity index (χ4n) is 1.87. The van der Waals surface area contributed by atoms with Crippen molar-refractivity contribution in [3.63, 3.8) is 0 Å². The Morgan fingerprint density at radius 1 is 1.60 bits per heavy atom. The molecule has 0 saturated heterocycles. The zero-order valence-electron chi connectivity index (χ0n) is 11.1. The Kier molecular flexibility index (Phi) is 3.21. The summed E-state index contributed by atoms with van der Waals surface area (Å²) in [4.78, 5) is 16.3. The van der Waals surface area contributed by atoms with E-state index < -0.39 is 0 Å². The number of carbonyl (C=O) groups is 1. The van der Waals surface area contributed by atoms with Crippen molar-refractivity contribution in [2.45, 2.75) is 31.7 Å². The quantitative estimate of drug-likeness (QED) is 0.930. The molecule has 3 rings (SSSR count). The number of hydrogen-bond donors (Lipinski definition) is 1. The molecule has 1 atom stereocenters. The van der Waals surface area contributed by atoms with Crippen LogP contribution in [0.2, 0.25) is 5.02 Å². The van der Waals surface area contributed by atoms with Gasteiger partial charge in [-0.1, -0.05) is 16.8 Å². The molecule has 1 aliphatic carbocycles. The predicted octanol–water partition coefficient (Wildman–Crippen LogP) is 1.82. The summed E-state index contributed by atoms with van der Waals surface area (Å²) in [7, 11) is 1.70. The molecule has 0 aliphatic heterocycles. The highest BCUT2D eigenvalue weighted by atomic mass is 35.5. The summed E-state index contributed by atoms with van der Waals surface area (Å²) >= 11 is 5.93. The first-order valence-corrected chi connectivity index (χ1v) is 6.76. The Hall–Kier alpha value is -1.89. The lowest BCUT2D eigenvalue weighted by Crippen LogP contribution is -2.27. The maximum Gasteiger partial charge on any atom is 0.273 e. The largest absolute Gasteiger partial charge is 0.339 e. The Morgan fingerprint density at radius 2 is 2.35 bits per heavy atom. The average Bonchev–Trinajstić information content (AvgIpc) is 3.02. The molecule has 8 heteroatoms. The minimum atomic E-state index is -0.388. The molecular weight excluding hydrogens is 282 g/mol. The summed E-state index contributed by atoms with van der Waals surface area (Å²) in [6.45, 7) is 1.78. The van der Waals surface area contributed by atoms with E-state index in [0.717, 1.165) is 18.7 Å². The Balaban J connectivity index is 1.69. The summed E-state index contributed by atoms with van der Waals surface area (Å²) in [6, 6.07) is -0.388. The van der Waals surface area contributed by atoms with E-state index in [9.17, 15) is 4.79 Å². The standard InChI is InChI=1S/C12H14ClN5O2/c1-6(12-15-10(17-20-12)7-3-4-7)14-11(19)9-8(13)5-18(2)16-9/h5-7H,3-4H2,1-2H3,(H,14,19)/t6-/m0/s1. The fourth-order valence-corrected chi connectivity index (χ4v) is 2.14. The molecular formula is C12H14ClN5O2. The van der Waals surface area contributed by atoms with E-state index in [1.165, 1.54) is 4.68 Å². The van der Waals surface area contributed by atoms with Crippen molar-refractivity contribution in [1.82, 2.24) is 25.2 Å². The van der Waals surface area contributed by atoms with Gasteiger partial charge in [-0.15, -0.1) is 0 Å². The molecule has 0 unspecified atom stereocenters. The Labute approximate surface area is 120 Å². The van der Waals surface area contributed by atoms with Crippen molar-refractivity contribution in [3.05, 3.63) is 28.6 Å². The summed E-state index contributed by atoms with van der Waals surface area (Å²) in [5.74, 6) is 1.17. The van der Waals surface area contributed by atoms with Crippen molar-refractivity contribution in [2.75, 3.05) is 0 Å². The highest BCUT2D eigenvalue weighted by molar-refractivity contribution is 6.33. The van der Waals surface area contributed by atoms with Gasteiger partial charge >= 0.3 is 0 Å². The molecule has 0 aromatic carbocycles. The molecule has 20 heavy (non-hydrogen) atoms.